The van der Waals surface area contributed by atoms with Crippen molar-refractivity contribution < 1.29 is 9.53 Å². The minimum absolute atomic E-state index is 0.304. The van der Waals surface area contributed by atoms with Crippen LogP contribution < -0.4 is 0 Å². The lowest BCUT2D eigenvalue weighted by atomic mass is 10.0. The van der Waals surface area contributed by atoms with Crippen LogP contribution in [-0.4, -0.2) is 18.1 Å². The molecule has 0 N–H and O–H groups in total. The summed E-state index contributed by atoms with van der Waals surface area (Å²) in [4.78, 5) is 17.4. The van der Waals surface area contributed by atoms with Crippen molar-refractivity contribution in [2.24, 2.45) is 0 Å². The molecular weight excluding hydrogens is 326 g/mol. The molecule has 5 heteroatoms. The SMILES string of the molecule is COC(=O)c1ccc(Br)cc1Cc1sc(C)nc1C. The molecule has 0 saturated carbocycles. The van der Waals surface area contributed by atoms with Crippen LogP contribution >= 0.6 is 27.3 Å². The van der Waals surface area contributed by atoms with Crippen LogP contribution in [0.3, 0.4) is 0 Å². The number of carbonyl (C=O) groups is 1. The molecule has 0 radical (unpaired) electrons. The lowest BCUT2D eigenvalue weighted by Gasteiger charge is -2.08. The molecule has 1 aromatic carbocycles. The van der Waals surface area contributed by atoms with Gasteiger partial charge >= 0.3 is 5.97 Å². The van der Waals surface area contributed by atoms with Gasteiger partial charge in [-0.1, -0.05) is 15.9 Å². The van der Waals surface area contributed by atoms with Crippen LogP contribution in [0.15, 0.2) is 22.7 Å². The molecule has 0 aliphatic carbocycles. The van der Waals surface area contributed by atoms with Crippen molar-refractivity contribution in [2.45, 2.75) is 20.3 Å². The monoisotopic (exact) mass is 339 g/mol. The number of nitrogens with zero attached hydrogens (tertiary/aromatic N) is 1. The zero-order chi connectivity index (χ0) is 14.0. The molecule has 0 bridgehead atoms. The lowest BCUT2D eigenvalue weighted by molar-refractivity contribution is 0.0599. The quantitative estimate of drug-likeness (QED) is 0.796. The van der Waals surface area contributed by atoms with Gasteiger partial charge in [-0.2, -0.15) is 0 Å². The van der Waals surface area contributed by atoms with E-state index in [0.29, 0.717) is 12.0 Å². The molecule has 3 nitrogen and oxygen atoms in total. The Bertz CT molecular complexity index is 622. The number of methoxy groups -OCH3 is 1. The molecular formula is C14H14BrNO2S. The summed E-state index contributed by atoms with van der Waals surface area (Å²) < 4.78 is 5.78. The lowest BCUT2D eigenvalue weighted by Crippen LogP contribution is -2.06. The Kier molecular flexibility index (Phi) is 4.37. The highest BCUT2D eigenvalue weighted by molar-refractivity contribution is 9.10. The summed E-state index contributed by atoms with van der Waals surface area (Å²) in [5.74, 6) is -0.304. The Morgan fingerprint density at radius 3 is 2.74 bits per heavy atom. The van der Waals surface area contributed by atoms with Gasteiger partial charge in [0.15, 0.2) is 0 Å². The number of aromatic nitrogens is 1. The molecule has 0 aliphatic rings. The Morgan fingerprint density at radius 2 is 2.16 bits per heavy atom. The average Bonchev–Trinajstić information content (AvgIpc) is 2.67. The molecule has 0 aliphatic heterocycles. The summed E-state index contributed by atoms with van der Waals surface area (Å²) in [6, 6.07) is 5.59. The van der Waals surface area contributed by atoms with Crippen LogP contribution in [0.25, 0.3) is 0 Å². The van der Waals surface area contributed by atoms with Crippen molar-refractivity contribution in [1.29, 1.82) is 0 Å². The topological polar surface area (TPSA) is 39.2 Å². The third kappa shape index (κ3) is 3.22. The molecule has 0 fully saturated rings. The predicted molar refractivity (Wildman–Crippen MR) is 79.9 cm³/mol. The average molecular weight is 340 g/mol. The Balaban J connectivity index is 2.41. The van der Waals surface area contributed by atoms with Gasteiger partial charge < -0.3 is 4.74 Å². The molecule has 100 valence electrons. The molecule has 0 atom stereocenters. The first-order chi connectivity index (χ1) is 9.01. The Morgan fingerprint density at radius 1 is 1.42 bits per heavy atom. The van der Waals surface area contributed by atoms with Crippen molar-refractivity contribution in [2.75, 3.05) is 7.11 Å². The Labute approximate surface area is 124 Å². The first-order valence-corrected chi connectivity index (χ1v) is 7.42. The number of thiazole rings is 1. The van der Waals surface area contributed by atoms with E-state index in [4.69, 9.17) is 4.74 Å². The highest BCUT2D eigenvalue weighted by Gasteiger charge is 2.14. The zero-order valence-electron chi connectivity index (χ0n) is 11.0. The predicted octanol–water partition coefficient (Wildman–Crippen LogP) is 3.90. The summed E-state index contributed by atoms with van der Waals surface area (Å²) in [5.41, 5.74) is 2.59. The third-order valence-electron chi connectivity index (χ3n) is 2.82. The number of halogens is 1. The van der Waals surface area contributed by atoms with Gasteiger partial charge in [0, 0.05) is 15.8 Å². The van der Waals surface area contributed by atoms with Crippen LogP contribution in [0.4, 0.5) is 0 Å². The number of hydrogen-bond donors (Lipinski definition) is 0. The highest BCUT2D eigenvalue weighted by atomic mass is 79.9. The van der Waals surface area contributed by atoms with Gasteiger partial charge in [0.1, 0.15) is 0 Å². The fraction of sp³-hybridized carbons (Fsp3) is 0.286. The van der Waals surface area contributed by atoms with E-state index >= 15 is 0 Å². The van der Waals surface area contributed by atoms with Gasteiger partial charge in [0.2, 0.25) is 0 Å². The van der Waals surface area contributed by atoms with Gasteiger partial charge in [-0.3, -0.25) is 0 Å². The molecule has 2 aromatic rings. The number of aryl methyl sites for hydroxylation is 2. The second-order valence-electron chi connectivity index (χ2n) is 4.21. The van der Waals surface area contributed by atoms with Gasteiger partial charge in [0.05, 0.1) is 23.4 Å². The van der Waals surface area contributed by atoms with Gasteiger partial charge in [0.25, 0.3) is 0 Å². The number of ether oxygens (including phenoxy) is 1. The van der Waals surface area contributed by atoms with Crippen LogP contribution in [0.1, 0.15) is 31.5 Å². The summed E-state index contributed by atoms with van der Waals surface area (Å²) >= 11 is 5.10. The highest BCUT2D eigenvalue weighted by Crippen LogP contribution is 2.25. The summed E-state index contributed by atoms with van der Waals surface area (Å²) in [5, 5.41) is 1.04. The third-order valence-corrected chi connectivity index (χ3v) is 4.39. The Hall–Kier alpha value is -1.20. The smallest absolute Gasteiger partial charge is 0.338 e. The van der Waals surface area contributed by atoms with E-state index in [9.17, 15) is 4.79 Å². The zero-order valence-corrected chi connectivity index (χ0v) is 13.4. The van der Waals surface area contributed by atoms with Crippen molar-refractivity contribution in [3.05, 3.63) is 49.4 Å². The molecule has 1 heterocycles. The minimum atomic E-state index is -0.304. The fourth-order valence-electron chi connectivity index (χ4n) is 1.93. The largest absolute Gasteiger partial charge is 0.465 e. The first-order valence-electron chi connectivity index (χ1n) is 5.81. The van der Waals surface area contributed by atoms with Gasteiger partial charge in [-0.15, -0.1) is 11.3 Å². The molecule has 19 heavy (non-hydrogen) atoms. The van der Waals surface area contributed by atoms with Crippen LogP contribution in [0.2, 0.25) is 0 Å². The van der Waals surface area contributed by atoms with Crippen molar-refractivity contribution in [3.63, 3.8) is 0 Å². The number of carbonyl (C=O) groups excluding carboxylic acids is 1. The second kappa shape index (κ2) is 5.84. The van der Waals surface area contributed by atoms with E-state index in [1.165, 1.54) is 12.0 Å². The number of hydrogen-bond acceptors (Lipinski definition) is 4. The minimum Gasteiger partial charge on any atom is -0.465 e. The van der Waals surface area contributed by atoms with Crippen molar-refractivity contribution >= 4 is 33.2 Å². The van der Waals surface area contributed by atoms with Crippen LogP contribution in [-0.2, 0) is 11.2 Å². The number of benzene rings is 1. The number of esters is 1. The van der Waals surface area contributed by atoms with E-state index < -0.39 is 0 Å². The summed E-state index contributed by atoms with van der Waals surface area (Å²) in [6.07, 6.45) is 0.696. The maximum absolute atomic E-state index is 11.8. The first kappa shape index (κ1) is 14.2. The normalized spacial score (nSPS) is 10.5. The summed E-state index contributed by atoms with van der Waals surface area (Å²) in [6.45, 7) is 3.98. The van der Waals surface area contributed by atoms with Gasteiger partial charge in [-0.25, -0.2) is 9.78 Å². The standard InChI is InChI=1S/C14H14BrNO2S/c1-8-13(19-9(2)16-8)7-10-6-11(15)4-5-12(10)14(17)18-3/h4-6H,7H2,1-3H3. The van der Waals surface area contributed by atoms with Crippen LogP contribution in [0, 0.1) is 13.8 Å². The van der Waals surface area contributed by atoms with E-state index in [0.717, 1.165) is 20.7 Å². The molecule has 0 amide bonds. The van der Waals surface area contributed by atoms with Crippen molar-refractivity contribution in [1.82, 2.24) is 4.98 Å². The van der Waals surface area contributed by atoms with E-state index in [1.54, 1.807) is 17.4 Å². The maximum Gasteiger partial charge on any atom is 0.338 e. The second-order valence-corrected chi connectivity index (χ2v) is 6.41. The van der Waals surface area contributed by atoms with Gasteiger partial charge in [-0.05, 0) is 37.6 Å². The maximum atomic E-state index is 11.8. The molecule has 0 saturated heterocycles. The van der Waals surface area contributed by atoms with E-state index in [2.05, 4.69) is 20.9 Å². The summed E-state index contributed by atoms with van der Waals surface area (Å²) in [7, 11) is 1.40. The van der Waals surface area contributed by atoms with Crippen LogP contribution in [0.5, 0.6) is 0 Å². The van der Waals surface area contributed by atoms with E-state index in [1.807, 2.05) is 26.0 Å². The molecule has 0 spiro atoms. The number of rotatable bonds is 3. The van der Waals surface area contributed by atoms with E-state index in [-0.39, 0.29) is 5.97 Å². The fourth-order valence-corrected chi connectivity index (χ4v) is 3.30. The molecule has 2 rings (SSSR count). The van der Waals surface area contributed by atoms with Crippen molar-refractivity contribution in [3.8, 4) is 0 Å². The molecule has 0 unspecified atom stereocenters. The molecule has 1 aromatic heterocycles.